The number of pyridine rings is 1. The number of nitrogens with zero attached hydrogens (tertiary/aromatic N) is 4. The summed E-state index contributed by atoms with van der Waals surface area (Å²) in [6.07, 6.45) is 2.19. The van der Waals surface area contributed by atoms with E-state index in [0.29, 0.717) is 30.0 Å². The summed E-state index contributed by atoms with van der Waals surface area (Å²) >= 11 is 0. The summed E-state index contributed by atoms with van der Waals surface area (Å²) in [6.45, 7) is 0.505. The maximum absolute atomic E-state index is 12.4. The molecule has 23 heavy (non-hydrogen) atoms. The lowest BCUT2D eigenvalue weighted by molar-refractivity contribution is 0.0955. The number of rotatable bonds is 1. The van der Waals surface area contributed by atoms with E-state index in [2.05, 4.69) is 31.0 Å². The summed E-state index contributed by atoms with van der Waals surface area (Å²) < 4.78 is 1.61. The summed E-state index contributed by atoms with van der Waals surface area (Å²) in [6, 6.07) is 7.57. The van der Waals surface area contributed by atoms with Gasteiger partial charge >= 0.3 is 0 Å². The number of hydrogen-bond donors (Lipinski definition) is 3. The smallest absolute Gasteiger partial charge is 0.256 e. The first kappa shape index (κ1) is 13.5. The molecule has 8 nitrogen and oxygen atoms in total. The number of carbonyl (C=O) groups is 1. The van der Waals surface area contributed by atoms with Crippen LogP contribution >= 0.6 is 0 Å². The van der Waals surface area contributed by atoms with Crippen LogP contribution in [-0.2, 0) is 6.42 Å². The first-order valence-electron chi connectivity index (χ1n) is 7.32. The van der Waals surface area contributed by atoms with Crippen molar-refractivity contribution in [2.75, 3.05) is 24.2 Å². The van der Waals surface area contributed by atoms with Crippen LogP contribution < -0.4 is 16.0 Å². The predicted molar refractivity (Wildman–Crippen MR) is 86.1 cm³/mol. The predicted octanol–water partition coefficient (Wildman–Crippen LogP) is 1.20. The Morgan fingerprint density at radius 1 is 1.26 bits per heavy atom. The van der Waals surface area contributed by atoms with Crippen LogP contribution in [-0.4, -0.2) is 39.1 Å². The lowest BCUT2D eigenvalue weighted by atomic mass is 10.2. The Bertz CT molecular complexity index is 902. The molecule has 1 aliphatic heterocycles. The van der Waals surface area contributed by atoms with Gasteiger partial charge in [-0.15, -0.1) is 0 Å². The zero-order valence-electron chi connectivity index (χ0n) is 12.5. The molecule has 0 radical (unpaired) electrons. The number of fused-ring (bicyclic) bond motifs is 3. The van der Waals surface area contributed by atoms with Gasteiger partial charge < -0.3 is 16.0 Å². The van der Waals surface area contributed by atoms with Crippen molar-refractivity contribution in [3.05, 3.63) is 41.7 Å². The van der Waals surface area contributed by atoms with Gasteiger partial charge in [0, 0.05) is 31.8 Å². The van der Waals surface area contributed by atoms with Crippen LogP contribution in [0.5, 0.6) is 0 Å². The highest BCUT2D eigenvalue weighted by molar-refractivity contribution is 6.00. The molecule has 4 rings (SSSR count). The molecule has 0 saturated carbocycles. The fourth-order valence-electron chi connectivity index (χ4n) is 2.58. The molecule has 3 aromatic heterocycles. The van der Waals surface area contributed by atoms with E-state index in [0.717, 1.165) is 17.3 Å². The molecule has 0 aromatic carbocycles. The number of hydrogen-bond acceptors (Lipinski definition) is 6. The zero-order valence-corrected chi connectivity index (χ0v) is 12.5. The van der Waals surface area contributed by atoms with Crippen molar-refractivity contribution in [3.8, 4) is 0 Å². The van der Waals surface area contributed by atoms with E-state index >= 15 is 0 Å². The highest BCUT2D eigenvalue weighted by atomic mass is 16.1. The Hall–Kier alpha value is -3.16. The fourth-order valence-corrected chi connectivity index (χ4v) is 2.58. The van der Waals surface area contributed by atoms with Crippen molar-refractivity contribution in [2.45, 2.75) is 6.42 Å². The third-order valence-electron chi connectivity index (χ3n) is 3.70. The minimum atomic E-state index is -0.191. The van der Waals surface area contributed by atoms with Crippen LogP contribution in [0.3, 0.4) is 0 Å². The van der Waals surface area contributed by atoms with Gasteiger partial charge in [-0.1, -0.05) is 6.07 Å². The van der Waals surface area contributed by atoms with E-state index in [1.807, 2.05) is 24.3 Å². The van der Waals surface area contributed by atoms with Gasteiger partial charge in [-0.05, 0) is 12.1 Å². The molecular weight excluding hydrogens is 294 g/mol. The van der Waals surface area contributed by atoms with Gasteiger partial charge in [0.25, 0.3) is 5.91 Å². The first-order chi connectivity index (χ1) is 11.2. The lowest BCUT2D eigenvalue weighted by Crippen LogP contribution is -2.26. The van der Waals surface area contributed by atoms with Crippen LogP contribution in [0.15, 0.2) is 30.5 Å². The molecule has 1 aliphatic rings. The van der Waals surface area contributed by atoms with Crippen molar-refractivity contribution in [2.24, 2.45) is 0 Å². The zero-order chi connectivity index (χ0) is 15.8. The SMILES string of the molecule is CNc1cc2nc3c(cnn13)C(=O)NCCc1cccc(n1)N2. The third-order valence-corrected chi connectivity index (χ3v) is 3.70. The molecule has 3 N–H and O–H groups in total. The van der Waals surface area contributed by atoms with Gasteiger partial charge in [0.1, 0.15) is 23.0 Å². The quantitative estimate of drug-likeness (QED) is 0.625. The Kier molecular flexibility index (Phi) is 3.07. The van der Waals surface area contributed by atoms with Crippen LogP contribution in [0.25, 0.3) is 5.65 Å². The van der Waals surface area contributed by atoms with Gasteiger partial charge in [0.05, 0.1) is 6.20 Å². The second kappa shape index (κ2) is 5.24. The summed E-state index contributed by atoms with van der Waals surface area (Å²) in [5.41, 5.74) is 1.84. The number of nitrogens with one attached hydrogen (secondary N) is 3. The van der Waals surface area contributed by atoms with Crippen LogP contribution in [0.1, 0.15) is 16.1 Å². The molecule has 8 heteroatoms. The second-order valence-corrected chi connectivity index (χ2v) is 5.22. The average Bonchev–Trinajstić information content (AvgIpc) is 2.97. The molecule has 0 saturated heterocycles. The van der Waals surface area contributed by atoms with Crippen LogP contribution in [0.4, 0.5) is 17.5 Å². The molecule has 0 unspecified atom stereocenters. The molecule has 3 aromatic rings. The van der Waals surface area contributed by atoms with Gasteiger partial charge in [0.2, 0.25) is 0 Å². The van der Waals surface area contributed by atoms with E-state index in [1.165, 1.54) is 6.20 Å². The van der Waals surface area contributed by atoms with E-state index < -0.39 is 0 Å². The number of anilines is 3. The molecule has 4 bridgehead atoms. The molecular formula is C15H15N7O. The topological polar surface area (TPSA) is 96.2 Å². The molecule has 4 heterocycles. The number of amides is 1. The molecule has 116 valence electrons. The molecule has 0 spiro atoms. The van der Waals surface area contributed by atoms with E-state index in [4.69, 9.17) is 0 Å². The summed E-state index contributed by atoms with van der Waals surface area (Å²) in [7, 11) is 1.79. The monoisotopic (exact) mass is 309 g/mol. The number of aromatic nitrogens is 4. The highest BCUT2D eigenvalue weighted by Gasteiger charge is 2.17. The maximum atomic E-state index is 12.4. The Morgan fingerprint density at radius 2 is 2.17 bits per heavy atom. The standard InChI is InChI=1S/C15H15N7O/c1-16-13-7-12-20-11-4-2-3-9(19-11)5-6-17-15(23)10-8-18-22(13)14(10)21-12/h2-4,7-8,16H,5-6H2,1H3,(H,17,23)(H,19,20,21). The van der Waals surface area contributed by atoms with Crippen LogP contribution in [0, 0.1) is 0 Å². The first-order valence-corrected chi connectivity index (χ1v) is 7.32. The van der Waals surface area contributed by atoms with Crippen molar-refractivity contribution < 1.29 is 4.79 Å². The molecule has 0 atom stereocenters. The van der Waals surface area contributed by atoms with E-state index in [1.54, 1.807) is 11.6 Å². The summed E-state index contributed by atoms with van der Waals surface area (Å²) in [5.74, 6) is 1.85. The highest BCUT2D eigenvalue weighted by Crippen LogP contribution is 2.21. The second-order valence-electron chi connectivity index (χ2n) is 5.22. The summed E-state index contributed by atoms with van der Waals surface area (Å²) in [5, 5.41) is 13.4. The van der Waals surface area contributed by atoms with Crippen molar-refractivity contribution in [1.29, 1.82) is 0 Å². The van der Waals surface area contributed by atoms with Crippen molar-refractivity contribution >= 4 is 29.0 Å². The largest absolute Gasteiger partial charge is 0.373 e. The molecule has 1 amide bonds. The van der Waals surface area contributed by atoms with Gasteiger partial charge in [-0.3, -0.25) is 4.79 Å². The third kappa shape index (κ3) is 2.33. The van der Waals surface area contributed by atoms with Gasteiger partial charge in [0.15, 0.2) is 5.65 Å². The van der Waals surface area contributed by atoms with Crippen molar-refractivity contribution in [3.63, 3.8) is 0 Å². The Morgan fingerprint density at radius 3 is 3.04 bits per heavy atom. The van der Waals surface area contributed by atoms with Crippen molar-refractivity contribution in [1.82, 2.24) is 24.9 Å². The van der Waals surface area contributed by atoms with E-state index in [-0.39, 0.29) is 5.91 Å². The minimum Gasteiger partial charge on any atom is -0.373 e. The molecule has 0 aliphatic carbocycles. The summed E-state index contributed by atoms with van der Waals surface area (Å²) in [4.78, 5) is 21.4. The minimum absolute atomic E-state index is 0.191. The maximum Gasteiger partial charge on any atom is 0.256 e. The normalized spacial score (nSPS) is 13.9. The van der Waals surface area contributed by atoms with E-state index in [9.17, 15) is 4.79 Å². The molecule has 0 fully saturated rings. The lowest BCUT2D eigenvalue weighted by Gasteiger charge is -2.12. The fraction of sp³-hybridized carbons (Fsp3) is 0.200. The number of carbonyl (C=O) groups excluding carboxylic acids is 1. The van der Waals surface area contributed by atoms with Gasteiger partial charge in [-0.25, -0.2) is 9.97 Å². The van der Waals surface area contributed by atoms with Crippen LogP contribution in [0.2, 0.25) is 0 Å². The average molecular weight is 309 g/mol. The Balaban J connectivity index is 1.92. The van der Waals surface area contributed by atoms with Gasteiger partial charge in [-0.2, -0.15) is 9.61 Å². The Labute approximate surface area is 131 Å².